The van der Waals surface area contributed by atoms with E-state index in [0.717, 1.165) is 0 Å². The van der Waals surface area contributed by atoms with Gasteiger partial charge in [-0.25, -0.2) is 4.79 Å². The van der Waals surface area contributed by atoms with Gasteiger partial charge in [0.05, 0.1) is 50.2 Å². The molecule has 0 saturated carbocycles. The minimum Gasteiger partial charge on any atom is -0.497 e. The van der Waals surface area contributed by atoms with Crippen LogP contribution in [0.2, 0.25) is 36.3 Å². The second-order valence-corrected chi connectivity index (χ2v) is 27.7. The molecule has 2 aromatic rings. The predicted molar refractivity (Wildman–Crippen MR) is 193 cm³/mol. The van der Waals surface area contributed by atoms with Gasteiger partial charge in [0, 0.05) is 24.2 Å². The number of nitrogens with two attached hydrogens (primary N) is 1. The SMILES string of the molecule is COc1ccc([N+](=O)[O-])c([C@@H](OCc2cn([C@H]3C[C@@](O)([Si](C)(C)C(C)(C)C)[C@@H](CO[Si](C)(C)C(C)(C)C)O3)c(=O)nc2N)C(C)(C)C)c1. The molecule has 2 heterocycles. The normalized spacial score (nSPS) is 21.7. The van der Waals surface area contributed by atoms with Crippen molar-refractivity contribution in [2.45, 2.75) is 135 Å². The first-order valence-electron chi connectivity index (χ1n) is 16.5. The van der Waals surface area contributed by atoms with Crippen molar-refractivity contribution in [3.63, 3.8) is 0 Å². The zero-order valence-corrected chi connectivity index (χ0v) is 33.4. The van der Waals surface area contributed by atoms with Gasteiger partial charge in [0.1, 0.15) is 23.9 Å². The molecule has 1 aliphatic rings. The summed E-state index contributed by atoms with van der Waals surface area (Å²) in [4.78, 5) is 29.0. The molecular formula is C34H58N4O8Si2. The maximum absolute atomic E-state index is 13.4. The van der Waals surface area contributed by atoms with Crippen LogP contribution in [-0.2, 0) is 20.5 Å². The second kappa shape index (κ2) is 13.6. The summed E-state index contributed by atoms with van der Waals surface area (Å²) >= 11 is 0. The summed E-state index contributed by atoms with van der Waals surface area (Å²) in [6, 6.07) is 4.55. The van der Waals surface area contributed by atoms with E-state index in [-0.39, 0.29) is 41.2 Å². The summed E-state index contributed by atoms with van der Waals surface area (Å²) in [5, 5.41) is 23.1. The van der Waals surface area contributed by atoms with Gasteiger partial charge < -0.3 is 29.5 Å². The van der Waals surface area contributed by atoms with Gasteiger partial charge in [-0.3, -0.25) is 14.7 Å². The number of nitrogens with zero attached hydrogens (tertiary/aromatic N) is 3. The van der Waals surface area contributed by atoms with Crippen LogP contribution < -0.4 is 16.2 Å². The van der Waals surface area contributed by atoms with E-state index in [1.165, 1.54) is 23.8 Å². The fourth-order valence-electron chi connectivity index (χ4n) is 5.75. The van der Waals surface area contributed by atoms with Crippen LogP contribution in [0.4, 0.5) is 11.5 Å². The lowest BCUT2D eigenvalue weighted by atomic mass is 9.83. The van der Waals surface area contributed by atoms with E-state index in [0.29, 0.717) is 16.9 Å². The Labute approximate surface area is 287 Å². The molecule has 1 saturated heterocycles. The molecule has 0 bridgehead atoms. The molecule has 4 atom stereocenters. The number of anilines is 1. The van der Waals surface area contributed by atoms with Crippen LogP contribution in [-0.4, -0.2) is 61.0 Å². The van der Waals surface area contributed by atoms with Crippen LogP contribution in [0.3, 0.4) is 0 Å². The molecule has 3 rings (SSSR count). The molecule has 0 spiro atoms. The van der Waals surface area contributed by atoms with Crippen molar-refractivity contribution >= 4 is 27.9 Å². The first-order chi connectivity index (χ1) is 21.7. The van der Waals surface area contributed by atoms with Crippen molar-refractivity contribution in [1.82, 2.24) is 9.55 Å². The van der Waals surface area contributed by atoms with Gasteiger partial charge in [-0.1, -0.05) is 75.4 Å². The Hall–Kier alpha value is -2.63. The van der Waals surface area contributed by atoms with Crippen molar-refractivity contribution in [3.05, 3.63) is 56.1 Å². The van der Waals surface area contributed by atoms with E-state index >= 15 is 0 Å². The van der Waals surface area contributed by atoms with Crippen LogP contribution in [0, 0.1) is 15.5 Å². The zero-order chi connectivity index (χ0) is 36.8. The number of rotatable bonds is 11. The summed E-state index contributed by atoms with van der Waals surface area (Å²) in [7, 11) is -3.21. The third-order valence-electron chi connectivity index (χ3n) is 11.0. The largest absolute Gasteiger partial charge is 0.497 e. The van der Waals surface area contributed by atoms with Gasteiger partial charge in [-0.05, 0) is 40.7 Å². The summed E-state index contributed by atoms with van der Waals surface area (Å²) < 4.78 is 26.3. The summed E-state index contributed by atoms with van der Waals surface area (Å²) in [5.74, 6) is 0.447. The second-order valence-electron chi connectivity index (χ2n) is 17.2. The van der Waals surface area contributed by atoms with Crippen LogP contribution in [0.25, 0.3) is 0 Å². The van der Waals surface area contributed by atoms with Crippen molar-refractivity contribution in [2.75, 3.05) is 19.5 Å². The van der Waals surface area contributed by atoms with Crippen LogP contribution >= 0.6 is 0 Å². The Bertz CT molecular complexity index is 1540. The molecule has 270 valence electrons. The van der Waals surface area contributed by atoms with Crippen molar-refractivity contribution in [3.8, 4) is 5.75 Å². The number of benzene rings is 1. The third-order valence-corrected chi connectivity index (χ3v) is 21.9. The molecule has 1 aromatic carbocycles. The Morgan fingerprint density at radius 3 is 2.23 bits per heavy atom. The Kier molecular flexibility index (Phi) is 11.3. The number of nitro groups is 1. The first-order valence-corrected chi connectivity index (χ1v) is 22.4. The monoisotopic (exact) mass is 706 g/mol. The topological polar surface area (TPSA) is 161 Å². The van der Waals surface area contributed by atoms with Crippen molar-refractivity contribution in [2.24, 2.45) is 5.41 Å². The molecule has 12 nitrogen and oxygen atoms in total. The number of nitro benzene ring substituents is 1. The van der Waals surface area contributed by atoms with Gasteiger partial charge in [0.25, 0.3) is 5.69 Å². The standard InChI is InChI=1S/C34H58N4O8Si2/c1-31(2,3)28(24-17-23(43-10)15-16-25(24)38(41)42)44-20-22-19-37(30(39)36-29(22)35)27-18-34(40,47(11,12)32(4,5)6)26(46-27)21-45-48(13,14)33(7,8)9/h15-17,19,26-28,40H,18,20-21H2,1-14H3,(H2,35,36,39)/t26-,27-,28-,34-/m1/s1. The van der Waals surface area contributed by atoms with E-state index in [4.69, 9.17) is 24.4 Å². The first kappa shape index (κ1) is 39.8. The molecule has 0 aliphatic carbocycles. The molecule has 0 unspecified atom stereocenters. The number of hydrogen-bond donors (Lipinski definition) is 2. The Morgan fingerprint density at radius 2 is 1.73 bits per heavy atom. The summed E-state index contributed by atoms with van der Waals surface area (Å²) in [6.07, 6.45) is -0.481. The van der Waals surface area contributed by atoms with Crippen LogP contribution in [0.15, 0.2) is 29.2 Å². The summed E-state index contributed by atoms with van der Waals surface area (Å²) in [5.41, 5.74) is 5.75. The Balaban J connectivity index is 2.03. The van der Waals surface area contributed by atoms with Crippen LogP contribution in [0.5, 0.6) is 5.75 Å². The molecule has 48 heavy (non-hydrogen) atoms. The molecule has 1 fully saturated rings. The van der Waals surface area contributed by atoms with E-state index < -0.39 is 56.1 Å². The smallest absolute Gasteiger partial charge is 0.351 e. The quantitative estimate of drug-likeness (QED) is 0.140. The van der Waals surface area contributed by atoms with Crippen molar-refractivity contribution < 1.29 is 28.7 Å². The Morgan fingerprint density at radius 1 is 1.12 bits per heavy atom. The number of ether oxygens (including phenoxy) is 3. The number of aromatic nitrogens is 2. The molecule has 0 radical (unpaired) electrons. The average molecular weight is 707 g/mol. The maximum Gasteiger partial charge on any atom is 0.351 e. The average Bonchev–Trinajstić information content (AvgIpc) is 3.28. The van der Waals surface area contributed by atoms with E-state index in [9.17, 15) is 20.0 Å². The highest BCUT2D eigenvalue weighted by atomic mass is 28.4. The molecule has 1 aliphatic heterocycles. The van der Waals surface area contributed by atoms with Gasteiger partial charge >= 0.3 is 5.69 Å². The fourth-order valence-corrected chi connectivity index (χ4v) is 9.69. The highest BCUT2D eigenvalue weighted by Crippen LogP contribution is 2.52. The van der Waals surface area contributed by atoms with Gasteiger partial charge in [-0.15, -0.1) is 0 Å². The number of hydrogen-bond acceptors (Lipinski definition) is 10. The lowest BCUT2D eigenvalue weighted by Gasteiger charge is -2.49. The van der Waals surface area contributed by atoms with Crippen molar-refractivity contribution in [1.29, 1.82) is 0 Å². The minimum absolute atomic E-state index is 0.0143. The third kappa shape index (κ3) is 7.89. The highest BCUT2D eigenvalue weighted by molar-refractivity contribution is 6.83. The molecule has 1 aromatic heterocycles. The fraction of sp³-hybridized carbons (Fsp3) is 0.706. The molecule has 3 N–H and O–H groups in total. The van der Waals surface area contributed by atoms with Crippen LogP contribution in [0.1, 0.15) is 92.2 Å². The number of nitrogen functional groups attached to an aromatic ring is 1. The highest BCUT2D eigenvalue weighted by Gasteiger charge is 2.62. The lowest BCUT2D eigenvalue weighted by Crippen LogP contribution is -2.65. The van der Waals surface area contributed by atoms with Gasteiger partial charge in [0.15, 0.2) is 8.32 Å². The number of methoxy groups -OCH3 is 1. The van der Waals surface area contributed by atoms with Gasteiger partial charge in [0.2, 0.25) is 0 Å². The number of aliphatic hydroxyl groups is 1. The molecule has 14 heteroatoms. The lowest BCUT2D eigenvalue weighted by molar-refractivity contribution is -0.386. The zero-order valence-electron chi connectivity index (χ0n) is 31.4. The van der Waals surface area contributed by atoms with Gasteiger partial charge in [-0.2, -0.15) is 4.98 Å². The van der Waals surface area contributed by atoms with E-state index in [1.54, 1.807) is 12.3 Å². The van der Waals surface area contributed by atoms with E-state index in [2.05, 4.69) is 72.7 Å². The van der Waals surface area contributed by atoms with E-state index in [1.807, 2.05) is 20.8 Å². The predicted octanol–water partition coefficient (Wildman–Crippen LogP) is 7.13. The summed E-state index contributed by atoms with van der Waals surface area (Å²) in [6.45, 7) is 27.4. The molecule has 0 amide bonds. The maximum atomic E-state index is 13.4. The molecular weight excluding hydrogens is 649 g/mol. The minimum atomic E-state index is -2.51.